The van der Waals surface area contributed by atoms with Gasteiger partial charge in [0.05, 0.1) is 17.4 Å². The number of halogens is 1. The molecule has 0 unspecified atom stereocenters. The fraction of sp³-hybridized carbons (Fsp3) is 0.111. The second-order valence-corrected chi connectivity index (χ2v) is 8.39. The summed E-state index contributed by atoms with van der Waals surface area (Å²) in [6.45, 7) is 2.42. The van der Waals surface area contributed by atoms with Gasteiger partial charge in [-0.3, -0.25) is 14.5 Å². The van der Waals surface area contributed by atoms with Crippen LogP contribution < -0.4 is 11.5 Å². The number of hydrogen-bond acceptors (Lipinski definition) is 5. The average molecular weight is 467 g/mol. The van der Waals surface area contributed by atoms with Crippen LogP contribution in [-0.2, 0) is 11.3 Å². The smallest absolute Gasteiger partial charge is 0.219 e. The molecular weight excluding hydrogens is 443 g/mol. The van der Waals surface area contributed by atoms with Crippen LogP contribution >= 0.6 is 0 Å². The minimum Gasteiger partial charge on any atom is -0.383 e. The van der Waals surface area contributed by atoms with Crippen molar-refractivity contribution >= 4 is 22.6 Å². The lowest BCUT2D eigenvalue weighted by atomic mass is 9.94. The molecule has 7 nitrogen and oxygen atoms in total. The number of nitrogens with two attached hydrogens (primary N) is 2. The van der Waals surface area contributed by atoms with Crippen molar-refractivity contribution in [1.29, 1.82) is 0 Å². The Labute approximate surface area is 201 Å². The number of primary amides is 1. The number of benzene rings is 2. The lowest BCUT2D eigenvalue weighted by molar-refractivity contribution is -0.118. The van der Waals surface area contributed by atoms with Crippen molar-refractivity contribution < 1.29 is 9.18 Å². The topological polar surface area (TPSA) is 113 Å². The molecule has 0 aliphatic heterocycles. The molecule has 0 saturated carbocycles. The number of amides is 1. The zero-order valence-electron chi connectivity index (χ0n) is 19.1. The molecule has 8 heteroatoms. The quantitative estimate of drug-likeness (QED) is 0.376. The fourth-order valence-corrected chi connectivity index (χ4v) is 4.11. The molecule has 5 rings (SSSR count). The number of rotatable bonds is 6. The van der Waals surface area contributed by atoms with Crippen LogP contribution in [0.2, 0.25) is 0 Å². The first kappa shape index (κ1) is 22.2. The minimum atomic E-state index is -0.393. The van der Waals surface area contributed by atoms with Crippen molar-refractivity contribution in [2.45, 2.75) is 19.9 Å². The molecular formula is C27H23FN6O. The third-order valence-corrected chi connectivity index (χ3v) is 5.97. The van der Waals surface area contributed by atoms with Gasteiger partial charge in [0.1, 0.15) is 11.6 Å². The van der Waals surface area contributed by atoms with Crippen LogP contribution in [0, 0.1) is 12.7 Å². The third kappa shape index (κ3) is 4.46. The summed E-state index contributed by atoms with van der Waals surface area (Å²) in [4.78, 5) is 20.3. The van der Waals surface area contributed by atoms with Gasteiger partial charge in [-0.2, -0.15) is 5.10 Å². The highest BCUT2D eigenvalue weighted by Crippen LogP contribution is 2.38. The first-order chi connectivity index (χ1) is 16.9. The number of carbonyl (C=O) groups is 1. The Hall–Kier alpha value is -4.59. The summed E-state index contributed by atoms with van der Waals surface area (Å²) in [6, 6.07) is 16.2. The highest BCUT2D eigenvalue weighted by atomic mass is 19.1. The van der Waals surface area contributed by atoms with E-state index in [1.807, 2.05) is 37.4 Å². The number of nitrogens with zero attached hydrogens (tertiary/aromatic N) is 4. The Kier molecular flexibility index (Phi) is 5.70. The zero-order chi connectivity index (χ0) is 24.5. The predicted molar refractivity (Wildman–Crippen MR) is 135 cm³/mol. The highest BCUT2D eigenvalue weighted by molar-refractivity contribution is 5.93. The molecule has 0 fully saturated rings. The van der Waals surface area contributed by atoms with Crippen molar-refractivity contribution in [3.63, 3.8) is 0 Å². The molecule has 5 aromatic rings. The van der Waals surface area contributed by atoms with E-state index < -0.39 is 5.91 Å². The second-order valence-electron chi connectivity index (χ2n) is 8.39. The van der Waals surface area contributed by atoms with Gasteiger partial charge < -0.3 is 11.5 Å². The molecule has 3 heterocycles. The monoisotopic (exact) mass is 466 g/mol. The van der Waals surface area contributed by atoms with Gasteiger partial charge in [0.15, 0.2) is 0 Å². The van der Waals surface area contributed by atoms with E-state index in [2.05, 4.69) is 16.1 Å². The van der Waals surface area contributed by atoms with Gasteiger partial charge in [-0.15, -0.1) is 0 Å². The van der Waals surface area contributed by atoms with E-state index in [0.717, 1.165) is 38.7 Å². The van der Waals surface area contributed by atoms with Gasteiger partial charge in [-0.25, -0.2) is 9.37 Å². The summed E-state index contributed by atoms with van der Waals surface area (Å²) in [6.07, 6.45) is 5.48. The van der Waals surface area contributed by atoms with Crippen LogP contribution in [0.1, 0.15) is 12.0 Å². The maximum absolute atomic E-state index is 13.6. The van der Waals surface area contributed by atoms with Crippen molar-refractivity contribution in [3.8, 4) is 33.5 Å². The Morgan fingerprint density at radius 3 is 2.54 bits per heavy atom. The first-order valence-corrected chi connectivity index (χ1v) is 11.1. The van der Waals surface area contributed by atoms with Crippen LogP contribution in [0.15, 0.2) is 73.2 Å². The van der Waals surface area contributed by atoms with Crippen molar-refractivity contribution in [1.82, 2.24) is 19.7 Å². The number of anilines is 1. The van der Waals surface area contributed by atoms with Crippen molar-refractivity contribution in [2.24, 2.45) is 5.73 Å². The Morgan fingerprint density at radius 1 is 1.00 bits per heavy atom. The highest BCUT2D eigenvalue weighted by Gasteiger charge is 2.17. The molecule has 3 aromatic heterocycles. The number of aryl methyl sites for hydroxylation is 2. The summed E-state index contributed by atoms with van der Waals surface area (Å²) in [5.41, 5.74) is 18.3. The lowest BCUT2D eigenvalue weighted by Crippen LogP contribution is -2.14. The van der Waals surface area contributed by atoms with Crippen LogP contribution in [0.5, 0.6) is 0 Å². The van der Waals surface area contributed by atoms with E-state index in [1.165, 1.54) is 12.1 Å². The molecule has 2 aromatic carbocycles. The van der Waals surface area contributed by atoms with Gasteiger partial charge in [-0.05, 0) is 66.6 Å². The number of hydrogen-bond donors (Lipinski definition) is 2. The Morgan fingerprint density at radius 2 is 1.77 bits per heavy atom. The molecule has 0 spiro atoms. The van der Waals surface area contributed by atoms with E-state index in [9.17, 15) is 9.18 Å². The van der Waals surface area contributed by atoms with Gasteiger partial charge in [0, 0.05) is 53.0 Å². The number of fused-ring (bicyclic) bond motifs is 1. The van der Waals surface area contributed by atoms with Gasteiger partial charge in [-0.1, -0.05) is 6.07 Å². The molecule has 1 amide bonds. The largest absolute Gasteiger partial charge is 0.383 e. The molecule has 0 atom stereocenters. The molecule has 0 bridgehead atoms. The number of nitrogen functional groups attached to an aromatic ring is 1. The number of carbonyl (C=O) groups excluding carboxylic acids is 1. The zero-order valence-corrected chi connectivity index (χ0v) is 19.1. The Balaban J connectivity index is 1.68. The second kappa shape index (κ2) is 8.98. The predicted octanol–water partition coefficient (Wildman–Crippen LogP) is 4.73. The standard InChI is InChI=1S/C27H23FN6O/c1-16-8-10-31-24-7-4-18(12-21(16)24)22-13-23(19-14-32-34(15-19)11-9-25(29)35)27(30)33-26(22)17-2-5-20(28)6-3-17/h2-8,10,12-15H,9,11H2,1H3,(H2,29,35)(H2,30,33). The van der Waals surface area contributed by atoms with Crippen molar-refractivity contribution in [3.05, 3.63) is 84.6 Å². The van der Waals surface area contributed by atoms with Crippen LogP contribution in [0.3, 0.4) is 0 Å². The van der Waals surface area contributed by atoms with E-state index in [4.69, 9.17) is 16.5 Å². The van der Waals surface area contributed by atoms with E-state index in [1.54, 1.807) is 29.2 Å². The van der Waals surface area contributed by atoms with Crippen molar-refractivity contribution in [2.75, 3.05) is 5.73 Å². The minimum absolute atomic E-state index is 0.189. The number of aromatic nitrogens is 4. The Bertz CT molecular complexity index is 1560. The van der Waals surface area contributed by atoms with E-state index in [-0.39, 0.29) is 12.2 Å². The summed E-state index contributed by atoms with van der Waals surface area (Å²) < 4.78 is 15.3. The fourth-order valence-electron chi connectivity index (χ4n) is 4.11. The molecule has 35 heavy (non-hydrogen) atoms. The first-order valence-electron chi connectivity index (χ1n) is 11.1. The summed E-state index contributed by atoms with van der Waals surface area (Å²) in [5, 5.41) is 5.36. The normalized spacial score (nSPS) is 11.1. The SMILES string of the molecule is Cc1ccnc2ccc(-c3cc(-c4cnn(CCC(N)=O)c4)c(N)nc3-c3ccc(F)cc3)cc12. The molecule has 174 valence electrons. The summed E-state index contributed by atoms with van der Waals surface area (Å²) >= 11 is 0. The van der Waals surface area contributed by atoms with Gasteiger partial charge >= 0.3 is 0 Å². The van der Waals surface area contributed by atoms with E-state index >= 15 is 0 Å². The van der Waals surface area contributed by atoms with Crippen LogP contribution in [0.4, 0.5) is 10.2 Å². The maximum Gasteiger partial charge on any atom is 0.219 e. The van der Waals surface area contributed by atoms with Crippen LogP contribution in [-0.4, -0.2) is 25.7 Å². The molecule has 0 saturated heterocycles. The number of pyridine rings is 2. The maximum atomic E-state index is 13.6. The van der Waals surface area contributed by atoms with Gasteiger partial charge in [0.2, 0.25) is 5.91 Å². The van der Waals surface area contributed by atoms with Crippen LogP contribution in [0.25, 0.3) is 44.4 Å². The molecule has 0 radical (unpaired) electrons. The summed E-state index contributed by atoms with van der Waals surface area (Å²) in [5.74, 6) is -0.396. The lowest BCUT2D eigenvalue weighted by Gasteiger charge is -2.14. The molecule has 0 aliphatic carbocycles. The molecule has 4 N–H and O–H groups in total. The average Bonchev–Trinajstić information content (AvgIpc) is 3.32. The van der Waals surface area contributed by atoms with E-state index in [0.29, 0.717) is 23.6 Å². The van der Waals surface area contributed by atoms with Gasteiger partial charge in [0.25, 0.3) is 0 Å². The third-order valence-electron chi connectivity index (χ3n) is 5.97. The summed E-state index contributed by atoms with van der Waals surface area (Å²) in [7, 11) is 0. The molecule has 0 aliphatic rings.